The molecule has 90 valence electrons. The molecule has 2 aromatic rings. The summed E-state index contributed by atoms with van der Waals surface area (Å²) >= 11 is 0. The third-order valence-corrected chi connectivity index (χ3v) is 2.41. The Bertz CT molecular complexity index is 539. The van der Waals surface area contributed by atoms with E-state index in [0.717, 1.165) is 0 Å². The second-order valence-electron chi connectivity index (χ2n) is 3.72. The number of primary amides is 1. The molecule has 0 fully saturated rings. The lowest BCUT2D eigenvalue weighted by Crippen LogP contribution is -2.25. The van der Waals surface area contributed by atoms with Gasteiger partial charge in [-0.2, -0.15) is 0 Å². The van der Waals surface area contributed by atoms with Crippen molar-refractivity contribution in [2.45, 2.75) is 18.6 Å². The average Bonchev–Trinajstić information content (AvgIpc) is 2.73. The number of aromatic nitrogens is 3. The second kappa shape index (κ2) is 4.48. The van der Waals surface area contributed by atoms with Crippen molar-refractivity contribution in [3.8, 4) is 0 Å². The van der Waals surface area contributed by atoms with E-state index in [4.69, 9.17) is 5.73 Å². The largest absolute Gasteiger partial charge is 0.390 e. The summed E-state index contributed by atoms with van der Waals surface area (Å²) in [5.74, 6) is -0.674. The van der Waals surface area contributed by atoms with Crippen LogP contribution >= 0.6 is 0 Å². The van der Waals surface area contributed by atoms with E-state index in [2.05, 4.69) is 15.0 Å². The maximum absolute atomic E-state index is 10.6. The van der Waals surface area contributed by atoms with Crippen LogP contribution in [-0.4, -0.2) is 37.2 Å². The summed E-state index contributed by atoms with van der Waals surface area (Å²) in [5.41, 5.74) is 6.50. The minimum atomic E-state index is -1.24. The number of nitrogens with zero attached hydrogens (tertiary/aromatic N) is 2. The Balaban J connectivity index is 2.23. The fraction of sp³-hybridized carbons (Fsp3) is 0.300. The molecule has 1 amide bonds. The van der Waals surface area contributed by atoms with Gasteiger partial charge in [-0.3, -0.25) is 4.79 Å². The van der Waals surface area contributed by atoms with E-state index < -0.39 is 18.1 Å². The number of nitrogens with two attached hydrogens (primary N) is 1. The first-order valence-corrected chi connectivity index (χ1v) is 5.01. The van der Waals surface area contributed by atoms with Crippen LogP contribution in [0.15, 0.2) is 18.6 Å². The van der Waals surface area contributed by atoms with E-state index in [1.165, 1.54) is 12.5 Å². The van der Waals surface area contributed by atoms with Gasteiger partial charge < -0.3 is 20.9 Å². The van der Waals surface area contributed by atoms with Crippen LogP contribution in [0.2, 0.25) is 0 Å². The molecule has 5 N–H and O–H groups in total. The SMILES string of the molecule is NC(=O)CC(O)C(O)c1cnc2nc[nH]c2c1. The number of carbonyl (C=O) groups excluding carboxylic acids is 1. The predicted molar refractivity (Wildman–Crippen MR) is 58.7 cm³/mol. The van der Waals surface area contributed by atoms with Gasteiger partial charge in [0.25, 0.3) is 0 Å². The summed E-state index contributed by atoms with van der Waals surface area (Å²) in [6.07, 6.45) is 0.130. The molecule has 0 aromatic carbocycles. The van der Waals surface area contributed by atoms with E-state index >= 15 is 0 Å². The van der Waals surface area contributed by atoms with Crippen molar-refractivity contribution in [1.82, 2.24) is 15.0 Å². The van der Waals surface area contributed by atoms with Gasteiger partial charge in [0.2, 0.25) is 5.91 Å². The van der Waals surface area contributed by atoms with Gasteiger partial charge in [0, 0.05) is 11.8 Å². The van der Waals surface area contributed by atoms with E-state index in [-0.39, 0.29) is 6.42 Å². The average molecular weight is 236 g/mol. The van der Waals surface area contributed by atoms with Crippen molar-refractivity contribution in [3.05, 3.63) is 24.2 Å². The highest BCUT2D eigenvalue weighted by atomic mass is 16.3. The number of H-pyrrole nitrogens is 1. The van der Waals surface area contributed by atoms with Crippen molar-refractivity contribution in [3.63, 3.8) is 0 Å². The van der Waals surface area contributed by atoms with Crippen LogP contribution < -0.4 is 5.73 Å². The summed E-state index contributed by atoms with van der Waals surface area (Å²) in [7, 11) is 0. The van der Waals surface area contributed by atoms with Gasteiger partial charge in [0.1, 0.15) is 6.10 Å². The summed E-state index contributed by atoms with van der Waals surface area (Å²) in [6.45, 7) is 0. The molecule has 0 saturated carbocycles. The van der Waals surface area contributed by atoms with Gasteiger partial charge in [-0.05, 0) is 6.07 Å². The standard InChI is InChI=1S/C10H12N4O3/c11-8(16)2-7(15)9(17)5-1-6-10(12-3-5)14-4-13-6/h1,3-4,7,9,15,17H,2H2,(H2,11,16)(H,12,13,14). The molecule has 2 heterocycles. The molecule has 0 spiro atoms. The van der Waals surface area contributed by atoms with Gasteiger partial charge in [0.05, 0.1) is 24.4 Å². The van der Waals surface area contributed by atoms with Crippen LogP contribution in [0.4, 0.5) is 0 Å². The van der Waals surface area contributed by atoms with Gasteiger partial charge in [-0.15, -0.1) is 0 Å². The number of carbonyl (C=O) groups is 1. The predicted octanol–water partition coefficient (Wildman–Crippen LogP) is -0.772. The van der Waals surface area contributed by atoms with E-state index in [1.54, 1.807) is 6.07 Å². The molecular weight excluding hydrogens is 224 g/mol. The number of aliphatic hydroxyl groups excluding tert-OH is 2. The summed E-state index contributed by atoms with van der Waals surface area (Å²) in [4.78, 5) is 21.4. The van der Waals surface area contributed by atoms with Crippen LogP contribution in [0.25, 0.3) is 11.2 Å². The number of fused-ring (bicyclic) bond motifs is 1. The third kappa shape index (κ3) is 2.40. The number of nitrogens with one attached hydrogen (secondary N) is 1. The number of amides is 1. The van der Waals surface area contributed by atoms with Gasteiger partial charge >= 0.3 is 0 Å². The van der Waals surface area contributed by atoms with Crippen LogP contribution in [0.1, 0.15) is 18.1 Å². The van der Waals surface area contributed by atoms with E-state index in [0.29, 0.717) is 16.7 Å². The molecule has 0 aliphatic carbocycles. The van der Waals surface area contributed by atoms with Crippen LogP contribution in [-0.2, 0) is 4.79 Å². The summed E-state index contributed by atoms with van der Waals surface area (Å²) in [6, 6.07) is 1.62. The van der Waals surface area contributed by atoms with Crippen LogP contribution in [0, 0.1) is 0 Å². The maximum atomic E-state index is 10.6. The zero-order valence-electron chi connectivity index (χ0n) is 8.87. The van der Waals surface area contributed by atoms with Crippen molar-refractivity contribution >= 4 is 17.1 Å². The number of hydrogen-bond donors (Lipinski definition) is 4. The first-order valence-electron chi connectivity index (χ1n) is 5.01. The molecule has 7 nitrogen and oxygen atoms in total. The first kappa shape index (κ1) is 11.5. The number of pyridine rings is 1. The van der Waals surface area contributed by atoms with Crippen molar-refractivity contribution in [2.75, 3.05) is 0 Å². The lowest BCUT2D eigenvalue weighted by molar-refractivity contribution is -0.121. The zero-order valence-corrected chi connectivity index (χ0v) is 8.87. The monoisotopic (exact) mass is 236 g/mol. The van der Waals surface area contributed by atoms with Crippen LogP contribution in [0.5, 0.6) is 0 Å². The fourth-order valence-electron chi connectivity index (χ4n) is 1.55. The van der Waals surface area contributed by atoms with Crippen molar-refractivity contribution < 1.29 is 15.0 Å². The van der Waals surface area contributed by atoms with Gasteiger partial charge in [-0.1, -0.05) is 0 Å². The van der Waals surface area contributed by atoms with Gasteiger partial charge in [0.15, 0.2) is 5.65 Å². The molecule has 2 atom stereocenters. The Labute approximate surface area is 96.3 Å². The fourth-order valence-corrected chi connectivity index (χ4v) is 1.55. The van der Waals surface area contributed by atoms with Crippen molar-refractivity contribution in [1.29, 1.82) is 0 Å². The topological polar surface area (TPSA) is 125 Å². The highest BCUT2D eigenvalue weighted by Gasteiger charge is 2.21. The molecule has 7 heteroatoms. The minimum absolute atomic E-state index is 0.303. The Morgan fingerprint density at radius 2 is 2.24 bits per heavy atom. The Morgan fingerprint density at radius 3 is 2.94 bits per heavy atom. The normalized spacial score (nSPS) is 14.7. The first-order chi connectivity index (χ1) is 8.08. The van der Waals surface area contributed by atoms with E-state index in [9.17, 15) is 15.0 Å². The number of imidazole rings is 1. The molecule has 0 radical (unpaired) electrons. The minimum Gasteiger partial charge on any atom is -0.390 e. The quantitative estimate of drug-likeness (QED) is 0.554. The Hall–Kier alpha value is -1.99. The zero-order chi connectivity index (χ0) is 12.4. The molecule has 17 heavy (non-hydrogen) atoms. The number of aromatic amines is 1. The van der Waals surface area contributed by atoms with Crippen molar-refractivity contribution in [2.24, 2.45) is 5.73 Å². The molecule has 2 rings (SSSR count). The van der Waals surface area contributed by atoms with Gasteiger partial charge in [-0.25, -0.2) is 9.97 Å². The second-order valence-corrected chi connectivity index (χ2v) is 3.72. The Kier molecular flexibility index (Phi) is 3.03. The van der Waals surface area contributed by atoms with E-state index in [1.807, 2.05) is 0 Å². The number of rotatable bonds is 4. The Morgan fingerprint density at radius 1 is 1.47 bits per heavy atom. The molecule has 2 unspecified atom stereocenters. The maximum Gasteiger partial charge on any atom is 0.220 e. The highest BCUT2D eigenvalue weighted by molar-refractivity contribution is 5.74. The summed E-state index contributed by atoms with van der Waals surface area (Å²) in [5, 5.41) is 19.4. The summed E-state index contributed by atoms with van der Waals surface area (Å²) < 4.78 is 0. The van der Waals surface area contributed by atoms with Crippen LogP contribution in [0.3, 0.4) is 0 Å². The molecule has 0 saturated heterocycles. The molecule has 0 aliphatic heterocycles. The third-order valence-electron chi connectivity index (χ3n) is 2.41. The molecule has 0 aliphatic rings. The molecule has 0 bridgehead atoms. The lowest BCUT2D eigenvalue weighted by atomic mass is 10.0. The number of aliphatic hydroxyl groups is 2. The smallest absolute Gasteiger partial charge is 0.220 e. The highest BCUT2D eigenvalue weighted by Crippen LogP contribution is 2.20. The lowest BCUT2D eigenvalue weighted by Gasteiger charge is -2.16. The molecule has 2 aromatic heterocycles. The number of hydrogen-bond acceptors (Lipinski definition) is 5. The molecular formula is C10H12N4O3.